The third kappa shape index (κ3) is 1.85. The van der Waals surface area contributed by atoms with E-state index in [0.717, 1.165) is 0 Å². The van der Waals surface area contributed by atoms with E-state index in [1.165, 1.54) is 13.3 Å². The first-order chi connectivity index (χ1) is 4.79. The maximum absolute atomic E-state index is 10.4. The van der Waals surface area contributed by atoms with Gasteiger partial charge in [-0.15, -0.1) is 0 Å². The molecule has 54 valence electrons. The van der Waals surface area contributed by atoms with E-state index in [2.05, 4.69) is 20.5 Å². The largest absolute Gasteiger partial charge is 0.349 e. The van der Waals surface area contributed by atoms with E-state index in [4.69, 9.17) is 0 Å². The molecule has 5 nitrogen and oxygen atoms in total. The number of hydrogen-bond acceptors (Lipinski definition) is 3. The first-order valence-corrected chi connectivity index (χ1v) is 2.88. The zero-order valence-corrected chi connectivity index (χ0v) is 5.59. The van der Waals surface area contributed by atoms with Crippen LogP contribution in [0.15, 0.2) is 6.33 Å². The van der Waals surface area contributed by atoms with Gasteiger partial charge in [0.2, 0.25) is 5.91 Å². The summed E-state index contributed by atoms with van der Waals surface area (Å²) in [6.45, 7) is 1.84. The molecule has 0 aromatic carbocycles. The molecule has 0 aliphatic heterocycles. The Labute approximate surface area is 57.9 Å². The lowest BCUT2D eigenvalue weighted by atomic mass is 10.6. The third-order valence-corrected chi connectivity index (χ3v) is 0.960. The normalized spacial score (nSPS) is 9.30. The van der Waals surface area contributed by atoms with Crippen LogP contribution in [0.3, 0.4) is 0 Å². The fraction of sp³-hybridized carbons (Fsp3) is 0.400. The molecule has 0 atom stereocenters. The second-order valence-electron chi connectivity index (χ2n) is 1.83. The minimum atomic E-state index is -0.0789. The number of aromatic amines is 1. The third-order valence-electron chi connectivity index (χ3n) is 0.960. The van der Waals surface area contributed by atoms with Crippen molar-refractivity contribution in [3.8, 4) is 0 Å². The molecule has 0 aliphatic carbocycles. The van der Waals surface area contributed by atoms with Crippen molar-refractivity contribution >= 4 is 5.91 Å². The molecule has 0 bridgehead atoms. The average Bonchev–Trinajstić information content (AvgIpc) is 2.34. The Morgan fingerprint density at radius 1 is 1.90 bits per heavy atom. The van der Waals surface area contributed by atoms with E-state index in [1.54, 1.807) is 0 Å². The minimum absolute atomic E-state index is 0.0789. The summed E-state index contributed by atoms with van der Waals surface area (Å²) in [6, 6.07) is 0. The summed E-state index contributed by atoms with van der Waals surface area (Å²) in [6.07, 6.45) is 1.47. The number of rotatable bonds is 2. The van der Waals surface area contributed by atoms with E-state index in [9.17, 15) is 4.79 Å². The van der Waals surface area contributed by atoms with Gasteiger partial charge in [0.1, 0.15) is 6.33 Å². The predicted octanol–water partition coefficient (Wildman–Crippen LogP) is -0.559. The summed E-state index contributed by atoms with van der Waals surface area (Å²) in [5.41, 5.74) is 0. The quantitative estimate of drug-likeness (QED) is 0.578. The SMILES string of the molecule is CC(=O)NCc1nc[nH]n1. The number of carbonyl (C=O) groups excluding carboxylic acids is 1. The lowest BCUT2D eigenvalue weighted by Gasteiger charge is -1.93. The molecule has 1 amide bonds. The molecule has 0 spiro atoms. The van der Waals surface area contributed by atoms with Crippen LogP contribution >= 0.6 is 0 Å². The number of nitrogens with one attached hydrogen (secondary N) is 2. The van der Waals surface area contributed by atoms with Crippen LogP contribution in [0.4, 0.5) is 0 Å². The van der Waals surface area contributed by atoms with Gasteiger partial charge in [-0.2, -0.15) is 5.10 Å². The van der Waals surface area contributed by atoms with Crippen molar-refractivity contribution in [1.29, 1.82) is 0 Å². The van der Waals surface area contributed by atoms with Gasteiger partial charge in [-0.3, -0.25) is 9.89 Å². The minimum Gasteiger partial charge on any atom is -0.349 e. The fourth-order valence-electron chi connectivity index (χ4n) is 0.524. The molecule has 0 saturated carbocycles. The number of nitrogens with zero attached hydrogens (tertiary/aromatic N) is 2. The van der Waals surface area contributed by atoms with E-state index >= 15 is 0 Å². The predicted molar refractivity (Wildman–Crippen MR) is 33.9 cm³/mol. The highest BCUT2D eigenvalue weighted by molar-refractivity contribution is 5.72. The summed E-state index contributed by atoms with van der Waals surface area (Å²) in [4.78, 5) is 14.2. The van der Waals surface area contributed by atoms with Gasteiger partial charge in [-0.05, 0) is 0 Å². The van der Waals surface area contributed by atoms with Gasteiger partial charge >= 0.3 is 0 Å². The van der Waals surface area contributed by atoms with Crippen LogP contribution < -0.4 is 5.32 Å². The summed E-state index contributed by atoms with van der Waals surface area (Å²) in [5.74, 6) is 0.514. The topological polar surface area (TPSA) is 70.7 Å². The number of carbonyl (C=O) groups is 1. The molecule has 0 radical (unpaired) electrons. The highest BCUT2D eigenvalue weighted by atomic mass is 16.1. The summed E-state index contributed by atoms with van der Waals surface area (Å²) in [5, 5.41) is 8.84. The molecule has 0 saturated heterocycles. The van der Waals surface area contributed by atoms with Gasteiger partial charge in [-0.1, -0.05) is 0 Å². The maximum Gasteiger partial charge on any atom is 0.217 e. The van der Waals surface area contributed by atoms with Crippen molar-refractivity contribution in [2.45, 2.75) is 13.5 Å². The lowest BCUT2D eigenvalue weighted by Crippen LogP contribution is -2.19. The van der Waals surface area contributed by atoms with Gasteiger partial charge < -0.3 is 5.32 Å². The monoisotopic (exact) mass is 140 g/mol. The molecule has 1 rings (SSSR count). The van der Waals surface area contributed by atoms with Crippen molar-refractivity contribution in [2.75, 3.05) is 0 Å². The van der Waals surface area contributed by atoms with Crippen molar-refractivity contribution in [3.05, 3.63) is 12.2 Å². The molecule has 10 heavy (non-hydrogen) atoms. The molecule has 1 aromatic rings. The Kier molecular flexibility index (Phi) is 1.99. The summed E-state index contributed by atoms with van der Waals surface area (Å²) in [7, 11) is 0. The standard InChI is InChI=1S/C5H8N4O/c1-4(10)6-2-5-7-3-8-9-5/h3H,2H2,1H3,(H,6,10)(H,7,8,9). The first kappa shape index (κ1) is 6.73. The van der Waals surface area contributed by atoms with E-state index < -0.39 is 0 Å². The van der Waals surface area contributed by atoms with Gasteiger partial charge in [-0.25, -0.2) is 4.98 Å². The molecule has 1 heterocycles. The van der Waals surface area contributed by atoms with Gasteiger partial charge in [0, 0.05) is 6.92 Å². The fourth-order valence-corrected chi connectivity index (χ4v) is 0.524. The molecule has 0 unspecified atom stereocenters. The van der Waals surface area contributed by atoms with E-state index in [1.807, 2.05) is 0 Å². The second-order valence-corrected chi connectivity index (χ2v) is 1.83. The van der Waals surface area contributed by atoms with Crippen LogP contribution in [0, 0.1) is 0 Å². The highest BCUT2D eigenvalue weighted by Gasteiger charge is 1.95. The molecule has 0 aliphatic rings. The van der Waals surface area contributed by atoms with Gasteiger partial charge in [0.25, 0.3) is 0 Å². The maximum atomic E-state index is 10.4. The average molecular weight is 140 g/mol. The van der Waals surface area contributed by atoms with Crippen LogP contribution in [0.25, 0.3) is 0 Å². The van der Waals surface area contributed by atoms with Crippen molar-refractivity contribution < 1.29 is 4.79 Å². The number of aromatic nitrogens is 3. The van der Waals surface area contributed by atoms with Crippen LogP contribution in [-0.2, 0) is 11.3 Å². The Morgan fingerprint density at radius 3 is 3.20 bits per heavy atom. The van der Waals surface area contributed by atoms with Crippen LogP contribution in [0.1, 0.15) is 12.7 Å². The number of hydrogen-bond donors (Lipinski definition) is 2. The molecule has 2 N–H and O–H groups in total. The van der Waals surface area contributed by atoms with Crippen LogP contribution in [-0.4, -0.2) is 21.1 Å². The number of H-pyrrole nitrogens is 1. The Bertz CT molecular complexity index is 205. The molecule has 5 heteroatoms. The molecule has 0 fully saturated rings. The number of amides is 1. The van der Waals surface area contributed by atoms with Crippen LogP contribution in [0.5, 0.6) is 0 Å². The van der Waals surface area contributed by atoms with Gasteiger partial charge in [0.05, 0.1) is 6.54 Å². The Morgan fingerprint density at radius 2 is 2.70 bits per heavy atom. The smallest absolute Gasteiger partial charge is 0.217 e. The zero-order chi connectivity index (χ0) is 7.40. The zero-order valence-electron chi connectivity index (χ0n) is 5.59. The first-order valence-electron chi connectivity index (χ1n) is 2.88. The summed E-state index contributed by atoms with van der Waals surface area (Å²) < 4.78 is 0. The van der Waals surface area contributed by atoms with E-state index in [0.29, 0.717) is 12.4 Å². The van der Waals surface area contributed by atoms with Crippen molar-refractivity contribution in [2.24, 2.45) is 0 Å². The van der Waals surface area contributed by atoms with Crippen LogP contribution in [0.2, 0.25) is 0 Å². The highest BCUT2D eigenvalue weighted by Crippen LogP contribution is 1.81. The summed E-state index contributed by atoms with van der Waals surface area (Å²) >= 11 is 0. The second kappa shape index (κ2) is 2.95. The van der Waals surface area contributed by atoms with E-state index in [-0.39, 0.29) is 5.91 Å². The van der Waals surface area contributed by atoms with Crippen molar-refractivity contribution in [1.82, 2.24) is 20.5 Å². The van der Waals surface area contributed by atoms with Crippen molar-refractivity contribution in [3.63, 3.8) is 0 Å². The molecular formula is C5H8N4O. The van der Waals surface area contributed by atoms with Gasteiger partial charge in [0.15, 0.2) is 5.82 Å². The Balaban J connectivity index is 2.35. The lowest BCUT2D eigenvalue weighted by molar-refractivity contribution is -0.119. The molecular weight excluding hydrogens is 132 g/mol. The Hall–Kier alpha value is -1.39. The molecule has 1 aromatic heterocycles.